The highest BCUT2D eigenvalue weighted by Crippen LogP contribution is 2.59. The van der Waals surface area contributed by atoms with E-state index in [2.05, 4.69) is 0 Å². The molecule has 0 N–H and O–H groups in total. The van der Waals surface area contributed by atoms with E-state index in [1.54, 1.807) is 48.7 Å². The highest BCUT2D eigenvalue weighted by atomic mass is 16.7. The van der Waals surface area contributed by atoms with Crippen LogP contribution in [0.25, 0.3) is 0 Å². The Balaban J connectivity index is 1.59. The fourth-order valence-corrected chi connectivity index (χ4v) is 5.74. The molecule has 2 aliphatic carbocycles. The summed E-state index contributed by atoms with van der Waals surface area (Å²) in [6.07, 6.45) is 2.34. The number of hydrogen-bond acceptors (Lipinski definition) is 8. The summed E-state index contributed by atoms with van der Waals surface area (Å²) in [6, 6.07) is 6.87. The Morgan fingerprint density at radius 3 is 2.05 bits per heavy atom. The minimum Gasteiger partial charge on any atom is -0.497 e. The molecule has 1 amide bonds. The van der Waals surface area contributed by atoms with E-state index in [-0.39, 0.29) is 18.4 Å². The number of amides is 1. The van der Waals surface area contributed by atoms with Gasteiger partial charge in [0.15, 0.2) is 12.2 Å². The summed E-state index contributed by atoms with van der Waals surface area (Å²) in [4.78, 5) is 40.9. The van der Waals surface area contributed by atoms with Gasteiger partial charge in [0.1, 0.15) is 17.0 Å². The number of ether oxygens (including phenoxy) is 5. The second-order valence-corrected chi connectivity index (χ2v) is 13.2. The van der Waals surface area contributed by atoms with E-state index in [0.717, 1.165) is 31.2 Å². The van der Waals surface area contributed by atoms with Gasteiger partial charge in [0, 0.05) is 0 Å². The molecule has 0 radical (unpaired) electrons. The van der Waals surface area contributed by atoms with E-state index in [1.165, 1.54) is 11.3 Å². The Morgan fingerprint density at radius 2 is 1.54 bits per heavy atom. The predicted molar refractivity (Wildman–Crippen MR) is 143 cm³/mol. The molecule has 3 atom stereocenters. The number of carbonyl (C=O) groups excluding carboxylic acids is 3. The molecule has 1 spiro atoms. The minimum atomic E-state index is -0.905. The van der Waals surface area contributed by atoms with Gasteiger partial charge in [-0.3, -0.25) is 9.69 Å². The minimum absolute atomic E-state index is 0.0154. The zero-order valence-corrected chi connectivity index (χ0v) is 24.3. The third kappa shape index (κ3) is 7.17. The SMILES string of the molecule is COc1ccc(C[C@@H]2[C@H](OC(=O)C3CC4(CCC4)C3)[C@@H](OC(=O)OC(C)(C)C)CN2C(=O)OC(C)(C)C)cc1. The average Bonchev–Trinajstić information content (AvgIpc) is 3.06. The van der Waals surface area contributed by atoms with E-state index < -0.39 is 41.7 Å². The third-order valence-corrected chi connectivity index (χ3v) is 7.75. The third-order valence-electron chi connectivity index (χ3n) is 7.75. The van der Waals surface area contributed by atoms with Crippen LogP contribution in [0.1, 0.15) is 79.2 Å². The summed E-state index contributed by atoms with van der Waals surface area (Å²) in [6.45, 7) is 10.6. The topological polar surface area (TPSA) is 101 Å². The number of rotatable bonds is 6. The van der Waals surface area contributed by atoms with Crippen LogP contribution < -0.4 is 4.74 Å². The lowest BCUT2D eigenvalue weighted by Gasteiger charge is -2.53. The van der Waals surface area contributed by atoms with Crippen LogP contribution in [0.2, 0.25) is 0 Å². The molecule has 9 nitrogen and oxygen atoms in total. The smallest absolute Gasteiger partial charge is 0.497 e. The van der Waals surface area contributed by atoms with E-state index in [4.69, 9.17) is 23.7 Å². The first-order valence-electron chi connectivity index (χ1n) is 13.9. The largest absolute Gasteiger partial charge is 0.509 e. The van der Waals surface area contributed by atoms with E-state index in [9.17, 15) is 14.4 Å². The van der Waals surface area contributed by atoms with E-state index in [1.807, 2.05) is 24.3 Å². The van der Waals surface area contributed by atoms with Crippen LogP contribution in [0.4, 0.5) is 9.59 Å². The summed E-state index contributed by atoms with van der Waals surface area (Å²) in [5.74, 6) is 0.226. The highest BCUT2D eigenvalue weighted by molar-refractivity contribution is 5.75. The van der Waals surface area contributed by atoms with Gasteiger partial charge in [0.25, 0.3) is 0 Å². The molecule has 9 heteroatoms. The Hall–Kier alpha value is -2.97. The van der Waals surface area contributed by atoms with E-state index in [0.29, 0.717) is 17.6 Å². The second-order valence-electron chi connectivity index (χ2n) is 13.2. The molecular formula is C30H43NO8. The average molecular weight is 546 g/mol. The van der Waals surface area contributed by atoms with E-state index >= 15 is 0 Å². The van der Waals surface area contributed by atoms with Gasteiger partial charge in [0.05, 0.1) is 25.6 Å². The zero-order valence-electron chi connectivity index (χ0n) is 24.3. The summed E-state index contributed by atoms with van der Waals surface area (Å²) < 4.78 is 28.2. The first kappa shape index (κ1) is 29.0. The quantitative estimate of drug-likeness (QED) is 0.333. The number of carbonyl (C=O) groups is 3. The number of methoxy groups -OCH3 is 1. The second kappa shape index (κ2) is 10.9. The molecule has 216 valence electrons. The Labute approximate surface area is 231 Å². The van der Waals surface area contributed by atoms with Crippen LogP contribution in [0.3, 0.4) is 0 Å². The molecule has 0 bridgehead atoms. The number of benzene rings is 1. The Bertz CT molecular complexity index is 1040. The Morgan fingerprint density at radius 1 is 0.923 bits per heavy atom. The van der Waals surface area contributed by atoms with Crippen LogP contribution in [0, 0.1) is 11.3 Å². The van der Waals surface area contributed by atoms with Crippen molar-refractivity contribution in [1.82, 2.24) is 4.90 Å². The van der Waals surface area contributed by atoms with Crippen LogP contribution in [-0.2, 0) is 30.2 Å². The molecule has 1 heterocycles. The lowest BCUT2D eigenvalue weighted by atomic mass is 9.52. The maximum Gasteiger partial charge on any atom is 0.509 e. The molecule has 1 saturated heterocycles. The van der Waals surface area contributed by atoms with Gasteiger partial charge in [-0.15, -0.1) is 0 Å². The molecule has 3 aliphatic rings. The molecule has 0 unspecified atom stereocenters. The fourth-order valence-electron chi connectivity index (χ4n) is 5.74. The molecule has 1 aliphatic heterocycles. The normalized spacial score (nSPS) is 24.4. The highest BCUT2D eigenvalue weighted by Gasteiger charge is 2.54. The molecular weight excluding hydrogens is 502 g/mol. The standard InChI is InChI=1S/C30H43NO8/c1-28(2,3)38-26(33)31-18-23(36-27(34)39-29(4,5)6)24(22(31)15-19-9-11-21(35-7)12-10-19)37-25(32)20-16-30(17-20)13-8-14-30/h9-12,20,22-24H,8,13-18H2,1-7H3/t22-,23+,24+/m1/s1. The van der Waals surface area contributed by atoms with Gasteiger partial charge in [0.2, 0.25) is 0 Å². The lowest BCUT2D eigenvalue weighted by molar-refractivity contribution is -0.172. The number of esters is 1. The number of hydrogen-bond donors (Lipinski definition) is 0. The first-order valence-corrected chi connectivity index (χ1v) is 13.9. The van der Waals surface area contributed by atoms with Crippen molar-refractivity contribution in [3.05, 3.63) is 29.8 Å². The van der Waals surface area contributed by atoms with Crippen molar-refractivity contribution in [3.8, 4) is 5.75 Å². The van der Waals surface area contributed by atoms with Crippen molar-refractivity contribution in [2.24, 2.45) is 11.3 Å². The van der Waals surface area contributed by atoms with Crippen molar-refractivity contribution in [2.75, 3.05) is 13.7 Å². The van der Waals surface area contributed by atoms with Gasteiger partial charge in [-0.05, 0) is 96.8 Å². The Kier molecular flexibility index (Phi) is 8.11. The number of likely N-dealkylation sites (tertiary alicyclic amines) is 1. The first-order chi connectivity index (χ1) is 18.2. The zero-order chi connectivity index (χ0) is 28.6. The van der Waals surface area contributed by atoms with Crippen molar-refractivity contribution in [3.63, 3.8) is 0 Å². The molecule has 1 aromatic carbocycles. The van der Waals surface area contributed by atoms with Crippen molar-refractivity contribution in [2.45, 2.75) is 110 Å². The molecule has 1 aromatic rings. The van der Waals surface area contributed by atoms with Gasteiger partial charge < -0.3 is 23.7 Å². The van der Waals surface area contributed by atoms with Gasteiger partial charge >= 0.3 is 18.2 Å². The summed E-state index contributed by atoms with van der Waals surface area (Å²) in [7, 11) is 1.60. The van der Waals surface area contributed by atoms with Crippen LogP contribution in [0.15, 0.2) is 24.3 Å². The van der Waals surface area contributed by atoms with Crippen LogP contribution in [-0.4, -0.2) is 66.2 Å². The fraction of sp³-hybridized carbons (Fsp3) is 0.700. The van der Waals surface area contributed by atoms with Crippen LogP contribution in [0.5, 0.6) is 5.75 Å². The monoisotopic (exact) mass is 545 g/mol. The van der Waals surface area contributed by atoms with Crippen molar-refractivity contribution >= 4 is 18.2 Å². The maximum atomic E-state index is 13.4. The maximum absolute atomic E-state index is 13.4. The van der Waals surface area contributed by atoms with Crippen molar-refractivity contribution in [1.29, 1.82) is 0 Å². The predicted octanol–water partition coefficient (Wildman–Crippen LogP) is 5.67. The van der Waals surface area contributed by atoms with Gasteiger partial charge in [-0.2, -0.15) is 0 Å². The van der Waals surface area contributed by atoms with Gasteiger partial charge in [-0.25, -0.2) is 9.59 Å². The molecule has 0 aromatic heterocycles. The van der Waals surface area contributed by atoms with Gasteiger partial charge in [-0.1, -0.05) is 18.6 Å². The molecule has 2 saturated carbocycles. The summed E-state index contributed by atoms with van der Waals surface area (Å²) in [5.41, 5.74) is -0.291. The molecule has 3 fully saturated rings. The summed E-state index contributed by atoms with van der Waals surface area (Å²) >= 11 is 0. The number of nitrogens with zero attached hydrogens (tertiary/aromatic N) is 1. The molecule has 39 heavy (non-hydrogen) atoms. The molecule has 4 rings (SSSR count). The lowest BCUT2D eigenvalue weighted by Crippen LogP contribution is -2.49. The van der Waals surface area contributed by atoms with Crippen LogP contribution >= 0.6 is 0 Å². The van der Waals surface area contributed by atoms with Crippen molar-refractivity contribution < 1.29 is 38.1 Å². The summed E-state index contributed by atoms with van der Waals surface area (Å²) in [5, 5.41) is 0.